The van der Waals surface area contributed by atoms with E-state index in [1.54, 1.807) is 18.2 Å². The number of alkyl halides is 2. The Kier molecular flexibility index (Phi) is 8.64. The van der Waals surface area contributed by atoms with Crippen LogP contribution in [0.3, 0.4) is 0 Å². The average Bonchev–Trinajstić information content (AvgIpc) is 2.98. The molecule has 0 bridgehead atoms. The third kappa shape index (κ3) is 6.31. The Morgan fingerprint density at radius 3 is 2.58 bits per heavy atom. The van der Waals surface area contributed by atoms with Crippen molar-refractivity contribution in [3.05, 3.63) is 82.9 Å². The highest BCUT2D eigenvalue weighted by Crippen LogP contribution is 2.31. The molecule has 4 aromatic rings. The summed E-state index contributed by atoms with van der Waals surface area (Å²) in [6.07, 6.45) is 1.09. The molecule has 2 aromatic carbocycles. The number of benzene rings is 2. The molecule has 0 aliphatic carbocycles. The first kappa shape index (κ1) is 30.7. The highest BCUT2D eigenvalue weighted by Gasteiger charge is 2.31. The van der Waals surface area contributed by atoms with Crippen LogP contribution in [0.1, 0.15) is 29.9 Å². The van der Waals surface area contributed by atoms with Gasteiger partial charge < -0.3 is 15.3 Å². The molecule has 8 nitrogen and oxygen atoms in total. The van der Waals surface area contributed by atoms with Crippen molar-refractivity contribution in [2.45, 2.75) is 37.1 Å². The van der Waals surface area contributed by atoms with Crippen LogP contribution in [-0.4, -0.2) is 50.1 Å². The maximum Gasteiger partial charge on any atom is 0.323 e. The molecule has 43 heavy (non-hydrogen) atoms. The second kappa shape index (κ2) is 12.1. The van der Waals surface area contributed by atoms with Gasteiger partial charge in [0.2, 0.25) is 0 Å². The lowest BCUT2D eigenvalue weighted by atomic mass is 9.88. The Morgan fingerprint density at radius 2 is 1.88 bits per heavy atom. The van der Waals surface area contributed by atoms with Gasteiger partial charge in [0.25, 0.3) is 5.91 Å². The molecule has 0 radical (unpaired) electrons. The summed E-state index contributed by atoms with van der Waals surface area (Å²) in [5.41, 5.74) is 0.905. The number of aliphatic hydroxyl groups excluding tert-OH is 1. The zero-order chi connectivity index (χ0) is 31.1. The number of pyridine rings is 2. The Morgan fingerprint density at radius 1 is 1.16 bits per heavy atom. The highest BCUT2D eigenvalue weighted by atomic mass is 35.5. The van der Waals surface area contributed by atoms with Crippen LogP contribution in [0.4, 0.5) is 19.0 Å². The number of anilines is 1. The minimum absolute atomic E-state index is 0.0654. The van der Waals surface area contributed by atoms with E-state index in [9.17, 15) is 22.9 Å². The summed E-state index contributed by atoms with van der Waals surface area (Å²) >= 11 is 5.94. The van der Waals surface area contributed by atoms with Gasteiger partial charge in [0.1, 0.15) is 21.4 Å². The van der Waals surface area contributed by atoms with E-state index in [4.69, 9.17) is 21.4 Å². The fourth-order valence-corrected chi connectivity index (χ4v) is 6.36. The number of hydrogen-bond acceptors (Lipinski definition) is 7. The molecule has 2 aromatic heterocycles. The number of carbonyl (C=O) groups excluding carboxylic acids is 1. The first-order chi connectivity index (χ1) is 20.3. The molecule has 13 heteroatoms. The largest absolute Gasteiger partial charge is 0.392 e. The molecule has 0 saturated carbocycles. The van der Waals surface area contributed by atoms with Crippen LogP contribution < -0.4 is 10.2 Å². The van der Waals surface area contributed by atoms with Gasteiger partial charge in [-0.2, -0.15) is 8.78 Å². The number of hydrogen-bond donors (Lipinski definition) is 3. The molecule has 3 heterocycles. The molecule has 3 N–H and O–H groups in total. The Labute approximate surface area is 251 Å². The number of aliphatic hydroxyl groups is 1. The fraction of sp³-hybridized carbons (Fsp3) is 0.300. The summed E-state index contributed by atoms with van der Waals surface area (Å²) in [4.78, 5) is 23.3. The van der Waals surface area contributed by atoms with E-state index in [1.165, 1.54) is 18.3 Å². The molecule has 1 amide bonds. The number of amides is 1. The molecule has 1 aliphatic heterocycles. The summed E-state index contributed by atoms with van der Waals surface area (Å²) in [6, 6.07) is 13.4. The maximum atomic E-state index is 15.9. The van der Waals surface area contributed by atoms with E-state index in [0.29, 0.717) is 35.7 Å². The summed E-state index contributed by atoms with van der Waals surface area (Å²) < 4.78 is 61.7. The Bertz CT molecular complexity index is 1800. The lowest BCUT2D eigenvalue weighted by Gasteiger charge is -2.39. The summed E-state index contributed by atoms with van der Waals surface area (Å²) in [6.45, 7) is 5.12. The number of piperidine rings is 1. The van der Waals surface area contributed by atoms with Crippen LogP contribution in [0.5, 0.6) is 0 Å². The van der Waals surface area contributed by atoms with Crippen molar-refractivity contribution in [3.8, 4) is 11.3 Å². The lowest BCUT2D eigenvalue weighted by Crippen LogP contribution is -2.47. The van der Waals surface area contributed by atoms with Gasteiger partial charge in [-0.1, -0.05) is 37.6 Å². The topological polar surface area (TPSA) is 119 Å². The second-order valence-corrected chi connectivity index (χ2v) is 13.2. The number of nitrogens with zero attached hydrogens (tertiary/aromatic N) is 3. The number of carbonyl (C=O) groups is 1. The SMILES string of the molecule is C[C@@H]1CN(c2cccc(-c3ccc4cnc(CNC(=O)c5cc(Cl)cc([S@@](=N)(=O)C(F)F)c5)cc4c3F)n2)C[C@H](C)C1O. The lowest BCUT2D eigenvalue weighted by molar-refractivity contribution is 0.0527. The van der Waals surface area contributed by atoms with Gasteiger partial charge in [0, 0.05) is 46.2 Å². The summed E-state index contributed by atoms with van der Waals surface area (Å²) in [5, 5.41) is 13.6. The standard InChI is InChI=1S/C30H29ClF3N5O3S/c1-16-14-39(15-17(2)28(16)40)26-5-3-4-25(38-26)23-7-6-18-12-36-21(11-24(18)27(23)32)13-37-29(41)19-8-20(31)10-22(9-19)43(35,42)30(33)34/h3-12,16-17,28,30,35,40H,13-15H2,1-2H3,(H,37,41)/t16-,17+,28?,43-/m1/s1. The van der Waals surface area contributed by atoms with Crippen LogP contribution in [-0.2, 0) is 16.3 Å². The molecule has 5 rings (SSSR count). The van der Waals surface area contributed by atoms with Crippen LogP contribution in [0.2, 0.25) is 5.02 Å². The quantitative estimate of drug-likeness (QED) is 0.227. The molecule has 4 atom stereocenters. The van der Waals surface area contributed by atoms with Crippen LogP contribution in [0, 0.1) is 22.4 Å². The summed E-state index contributed by atoms with van der Waals surface area (Å²) in [5.74, 6) is -3.86. The minimum Gasteiger partial charge on any atom is -0.392 e. The van der Waals surface area contributed by atoms with Crippen molar-refractivity contribution in [2.75, 3.05) is 18.0 Å². The Hall–Kier alpha value is -3.74. The van der Waals surface area contributed by atoms with Gasteiger partial charge in [0.05, 0.1) is 28.9 Å². The van der Waals surface area contributed by atoms with Gasteiger partial charge in [-0.25, -0.2) is 18.4 Å². The zero-order valence-corrected chi connectivity index (χ0v) is 24.8. The van der Waals surface area contributed by atoms with E-state index >= 15 is 4.39 Å². The molecule has 1 unspecified atom stereocenters. The second-order valence-electron chi connectivity index (χ2n) is 10.8. The fourth-order valence-electron chi connectivity index (χ4n) is 5.25. The smallest absolute Gasteiger partial charge is 0.323 e. The predicted molar refractivity (Wildman–Crippen MR) is 159 cm³/mol. The monoisotopic (exact) mass is 631 g/mol. The van der Waals surface area contributed by atoms with E-state index in [2.05, 4.69) is 15.2 Å². The van der Waals surface area contributed by atoms with Gasteiger partial charge >= 0.3 is 5.76 Å². The average molecular weight is 632 g/mol. The number of aromatic nitrogens is 2. The van der Waals surface area contributed by atoms with Crippen molar-refractivity contribution in [3.63, 3.8) is 0 Å². The van der Waals surface area contributed by atoms with Crippen LogP contribution in [0.15, 0.2) is 65.7 Å². The van der Waals surface area contributed by atoms with Crippen molar-refractivity contribution in [1.29, 1.82) is 4.78 Å². The molecule has 0 spiro atoms. The van der Waals surface area contributed by atoms with E-state index in [1.807, 2.05) is 26.0 Å². The molecule has 1 aliphatic rings. The number of fused-ring (bicyclic) bond motifs is 1. The van der Waals surface area contributed by atoms with Crippen molar-refractivity contribution in [1.82, 2.24) is 15.3 Å². The van der Waals surface area contributed by atoms with Crippen molar-refractivity contribution >= 4 is 43.8 Å². The van der Waals surface area contributed by atoms with Crippen molar-refractivity contribution in [2.24, 2.45) is 11.8 Å². The number of halogens is 4. The maximum absolute atomic E-state index is 15.9. The molecular weight excluding hydrogens is 603 g/mol. The first-order valence-electron chi connectivity index (χ1n) is 13.5. The first-order valence-corrected chi connectivity index (χ1v) is 15.5. The Balaban J connectivity index is 1.38. The molecule has 1 fully saturated rings. The van der Waals surface area contributed by atoms with Crippen molar-refractivity contribution < 1.29 is 27.3 Å². The predicted octanol–water partition coefficient (Wildman–Crippen LogP) is 6.10. The molecule has 1 saturated heterocycles. The van der Waals surface area contributed by atoms with Gasteiger partial charge in [-0.15, -0.1) is 0 Å². The molecule has 226 valence electrons. The minimum atomic E-state index is -4.46. The zero-order valence-electron chi connectivity index (χ0n) is 23.2. The van der Waals surface area contributed by atoms with E-state index in [0.717, 1.165) is 12.1 Å². The number of nitrogens with one attached hydrogen (secondary N) is 2. The van der Waals surface area contributed by atoms with Gasteiger partial charge in [-0.05, 0) is 54.3 Å². The van der Waals surface area contributed by atoms with Crippen LogP contribution in [0.25, 0.3) is 22.0 Å². The highest BCUT2D eigenvalue weighted by molar-refractivity contribution is 7.92. The normalized spacial score (nSPS) is 20.3. The van der Waals surface area contributed by atoms with Gasteiger partial charge in [0.15, 0.2) is 0 Å². The third-order valence-electron chi connectivity index (χ3n) is 7.58. The number of rotatable bonds is 7. The van der Waals surface area contributed by atoms with E-state index < -0.39 is 32.1 Å². The molecular formula is C30H29ClF3N5O3S. The van der Waals surface area contributed by atoms with Gasteiger partial charge in [-0.3, -0.25) is 9.78 Å². The van der Waals surface area contributed by atoms with E-state index in [-0.39, 0.29) is 46.0 Å². The third-order valence-corrected chi connectivity index (χ3v) is 9.23. The summed E-state index contributed by atoms with van der Waals surface area (Å²) in [7, 11) is -4.46. The van der Waals surface area contributed by atoms with Crippen LogP contribution >= 0.6 is 11.6 Å².